The van der Waals surface area contributed by atoms with E-state index in [1.807, 2.05) is 72.8 Å². The molecule has 4 aromatic rings. The first kappa shape index (κ1) is 18.4. The molecule has 0 unspecified atom stereocenters. The van der Waals surface area contributed by atoms with Crippen molar-refractivity contribution >= 4 is 5.91 Å². The van der Waals surface area contributed by atoms with Gasteiger partial charge in [0.25, 0.3) is 11.8 Å². The fourth-order valence-electron chi connectivity index (χ4n) is 2.76. The van der Waals surface area contributed by atoms with Crippen molar-refractivity contribution in [2.24, 2.45) is 0 Å². The summed E-state index contributed by atoms with van der Waals surface area (Å²) >= 11 is 0. The van der Waals surface area contributed by atoms with Crippen LogP contribution in [0.4, 0.5) is 0 Å². The van der Waals surface area contributed by atoms with Gasteiger partial charge in [-0.25, -0.2) is 0 Å². The third-order valence-corrected chi connectivity index (χ3v) is 4.24. The maximum Gasteiger partial charge on any atom is 0.258 e. The van der Waals surface area contributed by atoms with Crippen LogP contribution < -0.4 is 10.1 Å². The van der Waals surface area contributed by atoms with Crippen molar-refractivity contribution in [3.05, 3.63) is 90.5 Å². The Kier molecular flexibility index (Phi) is 5.62. The van der Waals surface area contributed by atoms with Gasteiger partial charge in [-0.15, -0.1) is 0 Å². The lowest BCUT2D eigenvalue weighted by Crippen LogP contribution is -2.28. The van der Waals surface area contributed by atoms with E-state index < -0.39 is 0 Å². The molecule has 0 aliphatic carbocycles. The van der Waals surface area contributed by atoms with Gasteiger partial charge in [-0.2, -0.15) is 4.98 Å². The Bertz CT molecular complexity index is 1080. The van der Waals surface area contributed by atoms with Gasteiger partial charge in [0.15, 0.2) is 6.61 Å². The van der Waals surface area contributed by atoms with Gasteiger partial charge in [0.2, 0.25) is 5.82 Å². The molecule has 0 atom stereocenters. The third kappa shape index (κ3) is 4.87. The van der Waals surface area contributed by atoms with Crippen molar-refractivity contribution in [1.82, 2.24) is 15.5 Å². The second kappa shape index (κ2) is 8.84. The minimum atomic E-state index is -0.190. The van der Waals surface area contributed by atoms with Crippen LogP contribution in [0.2, 0.25) is 0 Å². The number of aromatic nitrogens is 2. The number of ether oxygens (including phenoxy) is 1. The second-order valence-electron chi connectivity index (χ2n) is 6.37. The average Bonchev–Trinajstić information content (AvgIpc) is 3.28. The van der Waals surface area contributed by atoms with Crippen LogP contribution in [0, 0.1) is 0 Å². The molecule has 0 saturated carbocycles. The highest BCUT2D eigenvalue weighted by atomic mass is 16.5. The van der Waals surface area contributed by atoms with Gasteiger partial charge in [-0.1, -0.05) is 65.8 Å². The first-order valence-electron chi connectivity index (χ1n) is 9.21. The Labute approximate surface area is 168 Å². The smallest absolute Gasteiger partial charge is 0.258 e. The average molecular weight is 385 g/mol. The highest BCUT2D eigenvalue weighted by Crippen LogP contribution is 2.24. The minimum Gasteiger partial charge on any atom is -0.484 e. The molecular formula is C23H19N3O3. The summed E-state index contributed by atoms with van der Waals surface area (Å²) < 4.78 is 11.0. The molecule has 1 N–H and O–H groups in total. The van der Waals surface area contributed by atoms with E-state index >= 15 is 0 Å². The maximum absolute atomic E-state index is 12.0. The van der Waals surface area contributed by atoms with Gasteiger partial charge in [0.1, 0.15) is 5.75 Å². The van der Waals surface area contributed by atoms with Gasteiger partial charge in [0, 0.05) is 17.7 Å². The predicted molar refractivity (Wildman–Crippen MR) is 109 cm³/mol. The minimum absolute atomic E-state index is 0.0716. The number of amides is 1. The molecule has 29 heavy (non-hydrogen) atoms. The number of nitrogens with one attached hydrogen (secondary N) is 1. The Hall–Kier alpha value is -3.93. The van der Waals surface area contributed by atoms with Gasteiger partial charge in [-0.05, 0) is 29.8 Å². The lowest BCUT2D eigenvalue weighted by atomic mass is 10.2. The summed E-state index contributed by atoms with van der Waals surface area (Å²) in [4.78, 5) is 16.5. The topological polar surface area (TPSA) is 77.2 Å². The highest BCUT2D eigenvalue weighted by molar-refractivity contribution is 5.77. The van der Waals surface area contributed by atoms with Gasteiger partial charge in [-0.3, -0.25) is 4.79 Å². The Balaban J connectivity index is 1.36. The molecule has 1 amide bonds. The van der Waals surface area contributed by atoms with E-state index in [9.17, 15) is 4.79 Å². The number of benzene rings is 3. The van der Waals surface area contributed by atoms with Crippen LogP contribution in [0.5, 0.6) is 5.75 Å². The van der Waals surface area contributed by atoms with Crippen molar-refractivity contribution in [3.63, 3.8) is 0 Å². The van der Waals surface area contributed by atoms with Crippen molar-refractivity contribution < 1.29 is 14.1 Å². The van der Waals surface area contributed by atoms with E-state index in [1.165, 1.54) is 0 Å². The number of rotatable bonds is 7. The predicted octanol–water partition coefficient (Wildman–Crippen LogP) is 4.10. The molecule has 0 radical (unpaired) electrons. The largest absolute Gasteiger partial charge is 0.484 e. The quantitative estimate of drug-likeness (QED) is 0.518. The van der Waals surface area contributed by atoms with Crippen LogP contribution in [0.15, 0.2) is 89.5 Å². The van der Waals surface area contributed by atoms with E-state index in [0.29, 0.717) is 24.0 Å². The monoisotopic (exact) mass is 385 g/mol. The van der Waals surface area contributed by atoms with Crippen molar-refractivity contribution in [3.8, 4) is 28.6 Å². The standard InChI is InChI=1S/C23H19N3O3/c27-21(24-15-17-8-3-1-4-9-17)16-28-20-13-7-12-19(14-20)22-25-23(29-26-22)18-10-5-2-6-11-18/h1-14H,15-16H2,(H,24,27). The van der Waals surface area contributed by atoms with E-state index in [1.54, 1.807) is 12.1 Å². The van der Waals surface area contributed by atoms with Crippen LogP contribution in [-0.4, -0.2) is 22.7 Å². The number of carbonyl (C=O) groups excluding carboxylic acids is 1. The third-order valence-electron chi connectivity index (χ3n) is 4.24. The molecule has 1 heterocycles. The van der Waals surface area contributed by atoms with Crippen LogP contribution >= 0.6 is 0 Å². The molecule has 0 fully saturated rings. The van der Waals surface area contributed by atoms with Crippen LogP contribution in [0.3, 0.4) is 0 Å². The summed E-state index contributed by atoms with van der Waals surface area (Å²) in [5.74, 6) is 1.28. The number of nitrogens with zero attached hydrogens (tertiary/aromatic N) is 2. The zero-order valence-corrected chi connectivity index (χ0v) is 15.6. The van der Waals surface area contributed by atoms with Crippen molar-refractivity contribution in [1.29, 1.82) is 0 Å². The SMILES string of the molecule is O=C(COc1cccc(-c2noc(-c3ccccc3)n2)c1)NCc1ccccc1. The lowest BCUT2D eigenvalue weighted by Gasteiger charge is -2.08. The van der Waals surface area contributed by atoms with Gasteiger partial charge < -0.3 is 14.6 Å². The molecule has 0 aliphatic rings. The molecule has 0 saturated heterocycles. The molecule has 1 aromatic heterocycles. The molecule has 0 spiro atoms. The normalized spacial score (nSPS) is 10.5. The number of hydrogen-bond donors (Lipinski definition) is 1. The fraction of sp³-hybridized carbons (Fsp3) is 0.0870. The molecule has 0 aliphatic heterocycles. The molecule has 144 valence electrons. The highest BCUT2D eigenvalue weighted by Gasteiger charge is 2.11. The summed E-state index contributed by atoms with van der Waals surface area (Å²) in [7, 11) is 0. The summed E-state index contributed by atoms with van der Waals surface area (Å²) in [5.41, 5.74) is 2.64. The first-order valence-corrected chi connectivity index (χ1v) is 9.21. The Morgan fingerprint density at radius 1 is 0.897 bits per heavy atom. The number of carbonyl (C=O) groups is 1. The maximum atomic E-state index is 12.0. The molecule has 6 nitrogen and oxygen atoms in total. The van der Waals surface area contributed by atoms with Crippen molar-refractivity contribution in [2.45, 2.75) is 6.54 Å². The van der Waals surface area contributed by atoms with Crippen LogP contribution in [0.25, 0.3) is 22.8 Å². The molecule has 4 rings (SSSR count). The molecular weight excluding hydrogens is 366 g/mol. The van der Waals surface area contributed by atoms with Gasteiger partial charge in [0.05, 0.1) is 0 Å². The zero-order valence-electron chi connectivity index (χ0n) is 15.6. The Morgan fingerprint density at radius 2 is 1.62 bits per heavy atom. The molecule has 6 heteroatoms. The van der Waals surface area contributed by atoms with Crippen LogP contribution in [-0.2, 0) is 11.3 Å². The fourth-order valence-corrected chi connectivity index (χ4v) is 2.76. The molecule has 0 bridgehead atoms. The Morgan fingerprint density at radius 3 is 2.41 bits per heavy atom. The van der Waals surface area contributed by atoms with E-state index in [2.05, 4.69) is 15.5 Å². The zero-order chi connectivity index (χ0) is 19.9. The van der Waals surface area contributed by atoms with E-state index in [-0.39, 0.29) is 12.5 Å². The van der Waals surface area contributed by atoms with Crippen molar-refractivity contribution in [2.75, 3.05) is 6.61 Å². The second-order valence-corrected chi connectivity index (χ2v) is 6.37. The summed E-state index contributed by atoms with van der Waals surface area (Å²) in [6.07, 6.45) is 0. The lowest BCUT2D eigenvalue weighted by molar-refractivity contribution is -0.123. The summed E-state index contributed by atoms with van der Waals surface area (Å²) in [6, 6.07) is 26.5. The number of hydrogen-bond acceptors (Lipinski definition) is 5. The van der Waals surface area contributed by atoms with E-state index in [0.717, 1.165) is 16.7 Å². The molecule has 3 aromatic carbocycles. The van der Waals surface area contributed by atoms with Gasteiger partial charge >= 0.3 is 0 Å². The first-order chi connectivity index (χ1) is 14.3. The summed E-state index contributed by atoms with van der Waals surface area (Å²) in [6.45, 7) is 0.395. The van der Waals surface area contributed by atoms with Crippen LogP contribution in [0.1, 0.15) is 5.56 Å². The van der Waals surface area contributed by atoms with E-state index in [4.69, 9.17) is 9.26 Å². The summed E-state index contributed by atoms with van der Waals surface area (Å²) in [5, 5.41) is 6.87.